The summed E-state index contributed by atoms with van der Waals surface area (Å²) in [6, 6.07) is -0.246. The summed E-state index contributed by atoms with van der Waals surface area (Å²) in [5.74, 6) is -0.827. The Labute approximate surface area is 115 Å². The maximum Gasteiger partial charge on any atom is 0.305 e. The molecule has 0 aromatic heterocycles. The second-order valence-electron chi connectivity index (χ2n) is 5.51. The molecule has 1 aliphatic heterocycles. The number of rotatable bonds is 8. The van der Waals surface area contributed by atoms with E-state index in [1.165, 1.54) is 0 Å². The smallest absolute Gasteiger partial charge is 0.305 e. The van der Waals surface area contributed by atoms with Crippen LogP contribution in [0.25, 0.3) is 0 Å². The van der Waals surface area contributed by atoms with Gasteiger partial charge in [0.05, 0.1) is 11.8 Å². The van der Waals surface area contributed by atoms with Crippen molar-refractivity contribution in [2.75, 3.05) is 13.1 Å². The molecule has 5 nitrogen and oxygen atoms in total. The van der Waals surface area contributed by atoms with Crippen LogP contribution in [0.2, 0.25) is 0 Å². The summed E-state index contributed by atoms with van der Waals surface area (Å²) >= 11 is 0. The minimum Gasteiger partial charge on any atom is -0.481 e. The third kappa shape index (κ3) is 4.49. The van der Waals surface area contributed by atoms with Crippen molar-refractivity contribution >= 4 is 11.9 Å². The summed E-state index contributed by atoms with van der Waals surface area (Å²) in [5, 5.41) is 15.1. The molecule has 0 radical (unpaired) electrons. The fourth-order valence-corrected chi connectivity index (χ4v) is 2.87. The van der Waals surface area contributed by atoms with Crippen LogP contribution < -0.4 is 10.6 Å². The number of carbonyl (C=O) groups is 2. The third-order valence-electron chi connectivity index (χ3n) is 3.85. The van der Waals surface area contributed by atoms with Crippen LogP contribution in [-0.2, 0) is 9.59 Å². The molecule has 5 heteroatoms. The van der Waals surface area contributed by atoms with Gasteiger partial charge in [-0.3, -0.25) is 9.59 Å². The highest BCUT2D eigenvalue weighted by atomic mass is 16.4. The van der Waals surface area contributed by atoms with E-state index in [4.69, 9.17) is 5.11 Å². The van der Waals surface area contributed by atoms with Gasteiger partial charge in [-0.05, 0) is 25.8 Å². The molecule has 0 bridgehead atoms. The molecular formula is C14H26N2O3. The lowest BCUT2D eigenvalue weighted by Gasteiger charge is -2.29. The number of aliphatic carboxylic acids is 1. The maximum absolute atomic E-state index is 12.5. The van der Waals surface area contributed by atoms with Crippen molar-refractivity contribution in [3.8, 4) is 0 Å². The quantitative estimate of drug-likeness (QED) is 0.625. The van der Waals surface area contributed by atoms with E-state index in [0.717, 1.165) is 32.2 Å². The second-order valence-corrected chi connectivity index (χ2v) is 5.51. The lowest BCUT2D eigenvalue weighted by molar-refractivity contribution is -0.138. The molecule has 1 fully saturated rings. The predicted molar refractivity (Wildman–Crippen MR) is 73.9 cm³/mol. The first-order valence-electron chi connectivity index (χ1n) is 7.27. The van der Waals surface area contributed by atoms with Gasteiger partial charge in [0.25, 0.3) is 0 Å². The van der Waals surface area contributed by atoms with E-state index in [2.05, 4.69) is 17.6 Å². The zero-order valence-electron chi connectivity index (χ0n) is 12.0. The van der Waals surface area contributed by atoms with Gasteiger partial charge in [0.1, 0.15) is 0 Å². The van der Waals surface area contributed by atoms with E-state index < -0.39 is 5.97 Å². The molecule has 0 spiro atoms. The van der Waals surface area contributed by atoms with E-state index in [9.17, 15) is 9.59 Å². The number of carboxylic acids is 1. The average Bonchev–Trinajstić information content (AvgIpc) is 2.79. The number of hydrogen-bond acceptors (Lipinski definition) is 3. The Balaban J connectivity index is 2.65. The standard InChI is InChI=1S/C14H26N2O3/c1-3-5-11(9-12(17)18)16-13(19)14(6-4-2)7-8-15-10-14/h11,15H,3-10H2,1-2H3,(H,16,19)(H,17,18). The van der Waals surface area contributed by atoms with Crippen molar-refractivity contribution < 1.29 is 14.7 Å². The Morgan fingerprint density at radius 1 is 1.37 bits per heavy atom. The van der Waals surface area contributed by atoms with Crippen LogP contribution in [0, 0.1) is 5.41 Å². The Morgan fingerprint density at radius 3 is 2.58 bits per heavy atom. The van der Waals surface area contributed by atoms with Crippen LogP contribution in [0.1, 0.15) is 52.4 Å². The highest BCUT2D eigenvalue weighted by molar-refractivity contribution is 5.84. The van der Waals surface area contributed by atoms with Crippen LogP contribution in [0.15, 0.2) is 0 Å². The van der Waals surface area contributed by atoms with Gasteiger partial charge < -0.3 is 15.7 Å². The van der Waals surface area contributed by atoms with Gasteiger partial charge in [-0.15, -0.1) is 0 Å². The molecule has 1 amide bonds. The highest BCUT2D eigenvalue weighted by Crippen LogP contribution is 2.31. The van der Waals surface area contributed by atoms with Gasteiger partial charge in [-0.1, -0.05) is 26.7 Å². The maximum atomic E-state index is 12.5. The van der Waals surface area contributed by atoms with E-state index in [-0.39, 0.29) is 23.8 Å². The Bertz CT molecular complexity index is 312. The van der Waals surface area contributed by atoms with Crippen molar-refractivity contribution in [1.29, 1.82) is 0 Å². The van der Waals surface area contributed by atoms with Crippen molar-refractivity contribution in [2.45, 2.75) is 58.4 Å². The first kappa shape index (κ1) is 16.0. The normalized spacial score (nSPS) is 24.1. The molecule has 1 aliphatic rings. The van der Waals surface area contributed by atoms with E-state index in [0.29, 0.717) is 13.0 Å². The molecule has 0 aromatic carbocycles. The predicted octanol–water partition coefficient (Wildman–Crippen LogP) is 1.53. The molecule has 0 aliphatic carbocycles. The van der Waals surface area contributed by atoms with Crippen molar-refractivity contribution in [1.82, 2.24) is 10.6 Å². The summed E-state index contributed by atoms with van der Waals surface area (Å²) in [7, 11) is 0. The van der Waals surface area contributed by atoms with Crippen LogP contribution in [-0.4, -0.2) is 36.1 Å². The minimum absolute atomic E-state index is 0.00914. The minimum atomic E-state index is -0.854. The van der Waals surface area contributed by atoms with Crippen LogP contribution >= 0.6 is 0 Å². The summed E-state index contributed by atoms with van der Waals surface area (Å²) in [5.41, 5.74) is -0.334. The SMILES string of the molecule is CCCC(CC(=O)O)NC(=O)C1(CCC)CCNC1. The summed E-state index contributed by atoms with van der Waals surface area (Å²) in [4.78, 5) is 23.3. The summed E-state index contributed by atoms with van der Waals surface area (Å²) < 4.78 is 0. The van der Waals surface area contributed by atoms with Crippen molar-refractivity contribution in [2.24, 2.45) is 5.41 Å². The fourth-order valence-electron chi connectivity index (χ4n) is 2.87. The molecule has 110 valence electrons. The molecular weight excluding hydrogens is 244 g/mol. The molecule has 1 rings (SSSR count). The monoisotopic (exact) mass is 270 g/mol. The van der Waals surface area contributed by atoms with Gasteiger partial charge in [0.2, 0.25) is 5.91 Å². The number of carboxylic acid groups (broad SMARTS) is 1. The zero-order chi connectivity index (χ0) is 14.3. The van der Waals surface area contributed by atoms with Gasteiger partial charge in [-0.25, -0.2) is 0 Å². The molecule has 3 N–H and O–H groups in total. The average molecular weight is 270 g/mol. The lowest BCUT2D eigenvalue weighted by atomic mass is 9.81. The summed E-state index contributed by atoms with van der Waals surface area (Å²) in [6.07, 6.45) is 4.27. The molecule has 1 saturated heterocycles. The van der Waals surface area contributed by atoms with E-state index in [1.807, 2.05) is 6.92 Å². The first-order chi connectivity index (χ1) is 9.04. The number of carbonyl (C=O) groups excluding carboxylic acids is 1. The number of hydrogen-bond donors (Lipinski definition) is 3. The largest absolute Gasteiger partial charge is 0.481 e. The number of nitrogens with one attached hydrogen (secondary N) is 2. The molecule has 2 atom stereocenters. The van der Waals surface area contributed by atoms with Crippen molar-refractivity contribution in [3.63, 3.8) is 0 Å². The second kappa shape index (κ2) is 7.48. The summed E-state index contributed by atoms with van der Waals surface area (Å²) in [6.45, 7) is 5.65. The fraction of sp³-hybridized carbons (Fsp3) is 0.857. The third-order valence-corrected chi connectivity index (χ3v) is 3.85. The van der Waals surface area contributed by atoms with Crippen LogP contribution in [0.4, 0.5) is 0 Å². The van der Waals surface area contributed by atoms with Gasteiger partial charge >= 0.3 is 5.97 Å². The lowest BCUT2D eigenvalue weighted by Crippen LogP contribution is -2.47. The Hall–Kier alpha value is -1.10. The van der Waals surface area contributed by atoms with Crippen LogP contribution in [0.5, 0.6) is 0 Å². The van der Waals surface area contributed by atoms with Crippen LogP contribution in [0.3, 0.4) is 0 Å². The molecule has 0 aromatic rings. The number of amides is 1. The van der Waals surface area contributed by atoms with Gasteiger partial charge in [0, 0.05) is 12.6 Å². The topological polar surface area (TPSA) is 78.4 Å². The van der Waals surface area contributed by atoms with Gasteiger partial charge in [0.15, 0.2) is 0 Å². The molecule has 1 heterocycles. The molecule has 2 unspecified atom stereocenters. The molecule has 19 heavy (non-hydrogen) atoms. The zero-order valence-corrected chi connectivity index (χ0v) is 12.0. The van der Waals surface area contributed by atoms with Gasteiger partial charge in [-0.2, -0.15) is 0 Å². The van der Waals surface area contributed by atoms with E-state index in [1.54, 1.807) is 0 Å². The Kier molecular flexibility index (Phi) is 6.28. The highest BCUT2D eigenvalue weighted by Gasteiger charge is 2.40. The molecule has 0 saturated carbocycles. The first-order valence-corrected chi connectivity index (χ1v) is 7.27. The Morgan fingerprint density at radius 2 is 2.11 bits per heavy atom. The van der Waals surface area contributed by atoms with E-state index >= 15 is 0 Å². The van der Waals surface area contributed by atoms with Crippen molar-refractivity contribution in [3.05, 3.63) is 0 Å².